The van der Waals surface area contributed by atoms with Crippen LogP contribution in [-0.2, 0) is 26.4 Å². The molecule has 1 fully saturated rings. The zero-order valence-electron chi connectivity index (χ0n) is 21.6. The third-order valence-electron chi connectivity index (χ3n) is 6.55. The van der Waals surface area contributed by atoms with E-state index in [0.717, 1.165) is 22.5 Å². The summed E-state index contributed by atoms with van der Waals surface area (Å²) in [6, 6.07) is 10.2. The number of nitrogens with zero attached hydrogens (tertiary/aromatic N) is 2. The van der Waals surface area contributed by atoms with E-state index in [2.05, 4.69) is 10.3 Å². The van der Waals surface area contributed by atoms with Crippen LogP contribution in [0, 0.1) is 13.8 Å². The number of nitrogens with one attached hydrogen (secondary N) is 3. The Labute approximate surface area is 220 Å². The molecule has 4 amide bonds. The number of aromatic nitrogens is 1. The lowest BCUT2D eigenvalue weighted by atomic mass is 9.81. The zero-order valence-corrected chi connectivity index (χ0v) is 21.6. The predicted octanol–water partition coefficient (Wildman–Crippen LogP) is 1.42. The van der Waals surface area contributed by atoms with Crippen LogP contribution in [0.25, 0.3) is 0 Å². The number of aryl methyl sites for hydroxylation is 2. The molecule has 2 unspecified atom stereocenters. The third kappa shape index (κ3) is 6.97. The van der Waals surface area contributed by atoms with Crippen molar-refractivity contribution in [1.82, 2.24) is 26.0 Å². The van der Waals surface area contributed by atoms with Gasteiger partial charge in [0.2, 0.25) is 11.8 Å². The van der Waals surface area contributed by atoms with E-state index in [1.165, 1.54) is 4.90 Å². The molecule has 5 N–H and O–H groups in total. The first-order chi connectivity index (χ1) is 18.0. The summed E-state index contributed by atoms with van der Waals surface area (Å²) in [6.07, 6.45) is -0.849. The van der Waals surface area contributed by atoms with Gasteiger partial charge in [0.15, 0.2) is 0 Å². The molecule has 12 heteroatoms. The normalized spacial score (nSPS) is 17.6. The van der Waals surface area contributed by atoms with E-state index in [-0.39, 0.29) is 25.4 Å². The van der Waals surface area contributed by atoms with Gasteiger partial charge < -0.3 is 25.4 Å². The van der Waals surface area contributed by atoms with Crippen molar-refractivity contribution in [2.45, 2.75) is 51.7 Å². The minimum absolute atomic E-state index is 0.00127. The van der Waals surface area contributed by atoms with Gasteiger partial charge in [-0.25, -0.2) is 10.3 Å². The molecule has 2 atom stereocenters. The Morgan fingerprint density at radius 2 is 1.79 bits per heavy atom. The molecule has 0 saturated carbocycles. The van der Waals surface area contributed by atoms with Gasteiger partial charge in [0.05, 0.1) is 12.0 Å². The number of rotatable bonds is 11. The second-order valence-corrected chi connectivity index (χ2v) is 9.44. The molecule has 1 aromatic carbocycles. The maximum Gasteiger partial charge on any atom is 0.405 e. The molecule has 0 spiro atoms. The Kier molecular flexibility index (Phi) is 9.24. The quantitative estimate of drug-likeness (QED) is 0.216. The average molecular weight is 528 g/mol. The fourth-order valence-corrected chi connectivity index (χ4v) is 4.59. The number of carboxylic acid groups (broad SMARTS) is 1. The Bertz CT molecular complexity index is 1170. The number of ether oxygens (including phenoxy) is 1. The van der Waals surface area contributed by atoms with E-state index < -0.39 is 35.9 Å². The molecule has 0 bridgehead atoms. The maximum absolute atomic E-state index is 13.5. The van der Waals surface area contributed by atoms with Crippen LogP contribution in [0.2, 0.25) is 0 Å². The second kappa shape index (κ2) is 12.4. The highest BCUT2D eigenvalue weighted by atomic mass is 16.5. The molecule has 2 aromatic rings. The van der Waals surface area contributed by atoms with Crippen molar-refractivity contribution in [2.24, 2.45) is 0 Å². The van der Waals surface area contributed by atoms with Crippen molar-refractivity contribution in [3.8, 4) is 5.75 Å². The molecule has 0 aliphatic carbocycles. The summed E-state index contributed by atoms with van der Waals surface area (Å²) in [7, 11) is 0. The van der Waals surface area contributed by atoms with Gasteiger partial charge in [-0.2, -0.15) is 0 Å². The lowest BCUT2D eigenvalue weighted by Gasteiger charge is -2.29. The molecule has 1 aromatic heterocycles. The van der Waals surface area contributed by atoms with E-state index in [0.29, 0.717) is 18.8 Å². The summed E-state index contributed by atoms with van der Waals surface area (Å²) >= 11 is 0. The fraction of sp³-hybridized carbons (Fsp3) is 0.423. The van der Waals surface area contributed by atoms with Crippen molar-refractivity contribution >= 4 is 23.8 Å². The number of likely N-dealkylation sites (tertiary alicyclic amines) is 1. The number of hydrogen-bond donors (Lipinski definition) is 5. The summed E-state index contributed by atoms with van der Waals surface area (Å²) in [5, 5.41) is 22.2. The summed E-state index contributed by atoms with van der Waals surface area (Å²) in [5.41, 5.74) is 4.32. The molecule has 1 saturated heterocycles. The first-order valence-corrected chi connectivity index (χ1v) is 12.2. The number of carbonyl (C=O) groups is 4. The van der Waals surface area contributed by atoms with E-state index in [9.17, 15) is 24.4 Å². The Morgan fingerprint density at radius 3 is 2.39 bits per heavy atom. The van der Waals surface area contributed by atoms with Crippen molar-refractivity contribution < 1.29 is 34.2 Å². The van der Waals surface area contributed by atoms with Crippen molar-refractivity contribution in [2.75, 3.05) is 19.6 Å². The van der Waals surface area contributed by atoms with Gasteiger partial charge in [0, 0.05) is 24.5 Å². The van der Waals surface area contributed by atoms with Crippen molar-refractivity contribution in [3.05, 3.63) is 58.9 Å². The van der Waals surface area contributed by atoms with Gasteiger partial charge in [-0.1, -0.05) is 12.1 Å². The lowest BCUT2D eigenvalue weighted by Crippen LogP contribution is -2.50. The number of amides is 4. The molecule has 12 nitrogen and oxygen atoms in total. The van der Waals surface area contributed by atoms with E-state index in [1.807, 2.05) is 43.4 Å². The summed E-state index contributed by atoms with van der Waals surface area (Å²) in [6.45, 7) is 5.89. The predicted molar refractivity (Wildman–Crippen MR) is 136 cm³/mol. The molecule has 3 rings (SSSR count). The number of carbonyl (C=O) groups excluding carboxylic acids is 3. The van der Waals surface area contributed by atoms with Crippen LogP contribution in [0.1, 0.15) is 42.3 Å². The average Bonchev–Trinajstić information content (AvgIpc) is 3.18. The van der Waals surface area contributed by atoms with Gasteiger partial charge in [-0.05, 0) is 69.0 Å². The standard InChI is InChI=1S/C26H33N5O7/c1-16-12-18(13-17(2)29-16)15-38-20-6-4-19(5-7-20)26(3)9-11-31(24(26)34)21(23(33)30-37)8-10-27-22(32)14-28-25(35)36/h4-7,12-13,21,28,37H,8-11,14-15H2,1-3H3,(H,27,32)(H,30,33)(H,35,36). The molecular formula is C26H33N5O7. The van der Waals surface area contributed by atoms with Crippen molar-refractivity contribution in [3.63, 3.8) is 0 Å². The first-order valence-electron chi connectivity index (χ1n) is 12.2. The van der Waals surface area contributed by atoms with Crippen LogP contribution >= 0.6 is 0 Å². The smallest absolute Gasteiger partial charge is 0.405 e. The van der Waals surface area contributed by atoms with E-state index in [4.69, 9.17) is 9.84 Å². The van der Waals surface area contributed by atoms with Crippen LogP contribution in [0.5, 0.6) is 5.75 Å². The molecular weight excluding hydrogens is 494 g/mol. The molecule has 38 heavy (non-hydrogen) atoms. The van der Waals surface area contributed by atoms with Crippen molar-refractivity contribution in [1.29, 1.82) is 0 Å². The number of hydrogen-bond acceptors (Lipinski definition) is 7. The topological polar surface area (TPSA) is 170 Å². The minimum Gasteiger partial charge on any atom is -0.489 e. The molecule has 2 heterocycles. The first kappa shape index (κ1) is 28.4. The maximum atomic E-state index is 13.5. The Hall–Kier alpha value is -4.19. The van der Waals surface area contributed by atoms with Crippen LogP contribution in [0.3, 0.4) is 0 Å². The highest BCUT2D eigenvalue weighted by Gasteiger charge is 2.47. The fourth-order valence-electron chi connectivity index (χ4n) is 4.59. The molecule has 0 radical (unpaired) electrons. The summed E-state index contributed by atoms with van der Waals surface area (Å²) < 4.78 is 5.90. The Balaban J connectivity index is 1.63. The van der Waals surface area contributed by atoms with Crippen LogP contribution in [-0.4, -0.2) is 69.7 Å². The van der Waals surface area contributed by atoms with Crippen LogP contribution < -0.4 is 20.9 Å². The highest BCUT2D eigenvalue weighted by Crippen LogP contribution is 2.37. The zero-order chi connectivity index (χ0) is 27.9. The molecule has 1 aliphatic rings. The van der Waals surface area contributed by atoms with Crippen LogP contribution in [0.4, 0.5) is 4.79 Å². The summed E-state index contributed by atoms with van der Waals surface area (Å²) in [4.78, 5) is 53.9. The van der Waals surface area contributed by atoms with Gasteiger partial charge in [-0.15, -0.1) is 0 Å². The third-order valence-corrected chi connectivity index (χ3v) is 6.55. The number of benzene rings is 1. The Morgan fingerprint density at radius 1 is 1.13 bits per heavy atom. The van der Waals surface area contributed by atoms with E-state index >= 15 is 0 Å². The number of pyridine rings is 1. The van der Waals surface area contributed by atoms with Gasteiger partial charge in [0.25, 0.3) is 5.91 Å². The summed E-state index contributed by atoms with van der Waals surface area (Å²) in [5.74, 6) is -0.977. The highest BCUT2D eigenvalue weighted by molar-refractivity contribution is 5.94. The van der Waals surface area contributed by atoms with Gasteiger partial charge >= 0.3 is 6.09 Å². The lowest BCUT2D eigenvalue weighted by molar-refractivity contribution is -0.144. The molecule has 1 aliphatic heterocycles. The molecule has 204 valence electrons. The SMILES string of the molecule is Cc1cc(COc2ccc(C3(C)CCN(C(CCNC(=O)CNC(=O)O)C(=O)NO)C3=O)cc2)cc(C)n1. The van der Waals surface area contributed by atoms with Gasteiger partial charge in [0.1, 0.15) is 18.4 Å². The van der Waals surface area contributed by atoms with Crippen LogP contribution in [0.15, 0.2) is 36.4 Å². The monoisotopic (exact) mass is 527 g/mol. The minimum atomic E-state index is -1.34. The second-order valence-electron chi connectivity index (χ2n) is 9.44. The van der Waals surface area contributed by atoms with Gasteiger partial charge in [-0.3, -0.25) is 24.6 Å². The number of hydroxylamine groups is 1. The van der Waals surface area contributed by atoms with E-state index in [1.54, 1.807) is 24.5 Å². The largest absolute Gasteiger partial charge is 0.489 e.